The van der Waals surface area contributed by atoms with Crippen LogP contribution in [0.4, 0.5) is 0 Å². The lowest BCUT2D eigenvalue weighted by Crippen LogP contribution is -2.33. The van der Waals surface area contributed by atoms with Gasteiger partial charge in [-0.05, 0) is 38.2 Å². The number of methoxy groups -OCH3 is 1. The first-order chi connectivity index (χ1) is 9.13. The van der Waals surface area contributed by atoms with Gasteiger partial charge in [0.05, 0.1) is 0 Å². The molecule has 0 radical (unpaired) electrons. The Hall–Kier alpha value is -1.15. The van der Waals surface area contributed by atoms with E-state index >= 15 is 0 Å². The molecular formula is C17H24O2. The van der Waals surface area contributed by atoms with Crippen molar-refractivity contribution in [2.75, 3.05) is 7.11 Å². The third-order valence-corrected chi connectivity index (χ3v) is 4.24. The van der Waals surface area contributed by atoms with E-state index in [0.29, 0.717) is 5.92 Å². The predicted octanol–water partition coefficient (Wildman–Crippen LogP) is 4.08. The summed E-state index contributed by atoms with van der Waals surface area (Å²) in [5.74, 6) is 0.554. The maximum absolute atomic E-state index is 12.7. The zero-order chi connectivity index (χ0) is 13.8. The summed E-state index contributed by atoms with van der Waals surface area (Å²) in [6, 6.07) is 6.02. The third kappa shape index (κ3) is 3.24. The van der Waals surface area contributed by atoms with Crippen molar-refractivity contribution in [3.05, 3.63) is 34.9 Å². The molecule has 0 spiro atoms. The highest BCUT2D eigenvalue weighted by Gasteiger charge is 2.30. The summed E-state index contributed by atoms with van der Waals surface area (Å²) in [5, 5.41) is 0. The van der Waals surface area contributed by atoms with Crippen molar-refractivity contribution < 1.29 is 9.53 Å². The minimum Gasteiger partial charge on any atom is -0.373 e. The van der Waals surface area contributed by atoms with Gasteiger partial charge >= 0.3 is 0 Å². The number of benzene rings is 1. The molecule has 104 valence electrons. The minimum atomic E-state index is -0.262. The molecule has 1 unspecified atom stereocenters. The second kappa shape index (κ2) is 6.33. The van der Waals surface area contributed by atoms with Gasteiger partial charge in [-0.2, -0.15) is 0 Å². The van der Waals surface area contributed by atoms with Crippen LogP contribution >= 0.6 is 0 Å². The maximum atomic E-state index is 12.7. The van der Waals surface area contributed by atoms with E-state index in [4.69, 9.17) is 4.74 Å². The molecule has 1 aromatic rings. The standard InChI is InChI=1S/C17H24O2/c1-12-9-10-15(13(2)11-12)16(18)17(19-3)14-7-5-4-6-8-14/h9-11,14,17H,4-8H2,1-3H3. The third-order valence-electron chi connectivity index (χ3n) is 4.24. The fourth-order valence-electron chi connectivity index (χ4n) is 3.19. The van der Waals surface area contributed by atoms with Crippen molar-refractivity contribution in [3.8, 4) is 0 Å². The van der Waals surface area contributed by atoms with Crippen molar-refractivity contribution in [2.24, 2.45) is 5.92 Å². The average Bonchev–Trinajstić information content (AvgIpc) is 2.40. The first-order valence-electron chi connectivity index (χ1n) is 7.27. The highest BCUT2D eigenvalue weighted by molar-refractivity contribution is 6.01. The lowest BCUT2D eigenvalue weighted by atomic mass is 9.82. The largest absolute Gasteiger partial charge is 0.373 e. The highest BCUT2D eigenvalue weighted by atomic mass is 16.5. The molecule has 1 aliphatic carbocycles. The van der Waals surface area contributed by atoms with Crippen LogP contribution in [0.1, 0.15) is 53.6 Å². The quantitative estimate of drug-likeness (QED) is 0.762. The number of hydrogen-bond acceptors (Lipinski definition) is 2. The number of Topliss-reactive ketones (excluding diaryl/α,β-unsaturated/α-hetero) is 1. The van der Waals surface area contributed by atoms with Crippen molar-refractivity contribution in [1.82, 2.24) is 0 Å². The summed E-state index contributed by atoms with van der Waals surface area (Å²) in [5.41, 5.74) is 3.08. The minimum absolute atomic E-state index is 0.159. The first-order valence-corrected chi connectivity index (χ1v) is 7.27. The van der Waals surface area contributed by atoms with Crippen LogP contribution in [-0.2, 0) is 4.74 Å². The monoisotopic (exact) mass is 260 g/mol. The Kier molecular flexibility index (Phi) is 4.76. The zero-order valence-electron chi connectivity index (χ0n) is 12.2. The van der Waals surface area contributed by atoms with E-state index in [-0.39, 0.29) is 11.9 Å². The number of ketones is 1. The molecule has 0 aliphatic heterocycles. The summed E-state index contributed by atoms with van der Waals surface area (Å²) in [4.78, 5) is 12.7. The molecule has 0 N–H and O–H groups in total. The average molecular weight is 260 g/mol. The van der Waals surface area contributed by atoms with Crippen LogP contribution in [0.25, 0.3) is 0 Å². The SMILES string of the molecule is COC(C(=O)c1ccc(C)cc1C)C1CCCCC1. The van der Waals surface area contributed by atoms with Crippen molar-refractivity contribution in [1.29, 1.82) is 0 Å². The van der Waals surface area contributed by atoms with Gasteiger partial charge in [-0.15, -0.1) is 0 Å². The lowest BCUT2D eigenvalue weighted by molar-refractivity contribution is 0.0314. The molecule has 1 saturated carbocycles. The zero-order valence-corrected chi connectivity index (χ0v) is 12.2. The van der Waals surface area contributed by atoms with Crippen LogP contribution in [0.5, 0.6) is 0 Å². The fraction of sp³-hybridized carbons (Fsp3) is 0.588. The van der Waals surface area contributed by atoms with Crippen LogP contribution < -0.4 is 0 Å². The van der Waals surface area contributed by atoms with E-state index in [2.05, 4.69) is 13.0 Å². The number of rotatable bonds is 4. The number of aryl methyl sites for hydroxylation is 2. The van der Waals surface area contributed by atoms with Crippen LogP contribution in [0, 0.1) is 19.8 Å². The van der Waals surface area contributed by atoms with Gasteiger partial charge in [0.25, 0.3) is 0 Å². The molecule has 1 fully saturated rings. The van der Waals surface area contributed by atoms with Crippen molar-refractivity contribution in [3.63, 3.8) is 0 Å². The Morgan fingerprint density at radius 2 is 1.89 bits per heavy atom. The van der Waals surface area contributed by atoms with Crippen molar-refractivity contribution >= 4 is 5.78 Å². The molecule has 19 heavy (non-hydrogen) atoms. The summed E-state index contributed by atoms with van der Waals surface area (Å²) < 4.78 is 5.54. The molecule has 0 bridgehead atoms. The number of carbonyl (C=O) groups excluding carboxylic acids is 1. The van der Waals surface area contributed by atoms with Gasteiger partial charge < -0.3 is 4.74 Å². The topological polar surface area (TPSA) is 26.3 Å². The van der Waals surface area contributed by atoms with Gasteiger partial charge in [0, 0.05) is 12.7 Å². The second-order valence-electron chi connectivity index (χ2n) is 5.74. The van der Waals surface area contributed by atoms with E-state index in [0.717, 1.165) is 24.0 Å². The molecule has 2 rings (SSSR count). The maximum Gasteiger partial charge on any atom is 0.192 e. The van der Waals surface area contributed by atoms with Gasteiger partial charge in [0.15, 0.2) is 5.78 Å². The first kappa shape index (κ1) is 14.3. The smallest absolute Gasteiger partial charge is 0.192 e. The Morgan fingerprint density at radius 3 is 2.47 bits per heavy atom. The van der Waals surface area contributed by atoms with E-state index < -0.39 is 0 Å². The van der Waals surface area contributed by atoms with E-state index in [1.807, 2.05) is 19.1 Å². The summed E-state index contributed by atoms with van der Waals surface area (Å²) in [6.07, 6.45) is 5.73. The normalized spacial score (nSPS) is 18.3. The van der Waals surface area contributed by atoms with E-state index in [1.54, 1.807) is 7.11 Å². The lowest BCUT2D eigenvalue weighted by Gasteiger charge is -2.28. The van der Waals surface area contributed by atoms with Gasteiger partial charge in [0.1, 0.15) is 6.10 Å². The second-order valence-corrected chi connectivity index (χ2v) is 5.74. The molecule has 0 aromatic heterocycles. The van der Waals surface area contributed by atoms with Crippen LogP contribution in [0.2, 0.25) is 0 Å². The van der Waals surface area contributed by atoms with Crippen LogP contribution in [-0.4, -0.2) is 19.0 Å². The summed E-state index contributed by atoms with van der Waals surface area (Å²) in [6.45, 7) is 4.06. The Morgan fingerprint density at radius 1 is 1.21 bits per heavy atom. The number of hydrogen-bond donors (Lipinski definition) is 0. The molecule has 1 atom stereocenters. The molecule has 0 saturated heterocycles. The highest BCUT2D eigenvalue weighted by Crippen LogP contribution is 2.30. The fourth-order valence-corrected chi connectivity index (χ4v) is 3.19. The van der Waals surface area contributed by atoms with Crippen LogP contribution in [0.3, 0.4) is 0 Å². The van der Waals surface area contributed by atoms with Gasteiger partial charge in [0.2, 0.25) is 0 Å². The summed E-state index contributed by atoms with van der Waals surface area (Å²) in [7, 11) is 1.67. The molecular weight excluding hydrogens is 236 g/mol. The van der Waals surface area contributed by atoms with Gasteiger partial charge in [-0.1, -0.05) is 43.0 Å². The van der Waals surface area contributed by atoms with Gasteiger partial charge in [-0.25, -0.2) is 0 Å². The Labute approximate surface area is 116 Å². The molecule has 2 heteroatoms. The Balaban J connectivity index is 2.19. The predicted molar refractivity (Wildman–Crippen MR) is 77.6 cm³/mol. The van der Waals surface area contributed by atoms with E-state index in [9.17, 15) is 4.79 Å². The molecule has 1 aliphatic rings. The Bertz CT molecular complexity index is 445. The molecule has 0 heterocycles. The number of carbonyl (C=O) groups is 1. The summed E-state index contributed by atoms with van der Waals surface area (Å²) >= 11 is 0. The molecule has 1 aromatic carbocycles. The molecule has 0 amide bonds. The van der Waals surface area contributed by atoms with Crippen molar-refractivity contribution in [2.45, 2.75) is 52.1 Å². The molecule has 2 nitrogen and oxygen atoms in total. The van der Waals surface area contributed by atoms with E-state index in [1.165, 1.54) is 24.8 Å². The number of ether oxygens (including phenoxy) is 1. The van der Waals surface area contributed by atoms with Crippen LogP contribution in [0.15, 0.2) is 18.2 Å². The van der Waals surface area contributed by atoms with Gasteiger partial charge in [-0.3, -0.25) is 4.79 Å².